The summed E-state index contributed by atoms with van der Waals surface area (Å²) < 4.78 is 0. The molecule has 0 saturated heterocycles. The van der Waals surface area contributed by atoms with E-state index in [2.05, 4.69) is 250 Å². The number of fused-ring (bicyclic) bond motifs is 9. The fourth-order valence-corrected chi connectivity index (χ4v) is 13.4. The largest absolute Gasteiger partial charge is 0.0619 e. The molecule has 0 nitrogen and oxygen atoms in total. The maximum atomic E-state index is 2.48. The molecule has 0 heterocycles. The second-order valence-corrected chi connectivity index (χ2v) is 23.7. The molecule has 0 fully saturated rings. The van der Waals surface area contributed by atoms with Gasteiger partial charge in [-0.15, -0.1) is 0 Å². The summed E-state index contributed by atoms with van der Waals surface area (Å²) in [4.78, 5) is 0. The highest BCUT2D eigenvalue weighted by Gasteiger charge is 2.39. The van der Waals surface area contributed by atoms with Crippen molar-refractivity contribution in [2.24, 2.45) is 0 Å². The summed E-state index contributed by atoms with van der Waals surface area (Å²) in [5.74, 6) is 0. The zero-order valence-corrected chi connectivity index (χ0v) is 42.4. The number of benzene rings is 11. The van der Waals surface area contributed by atoms with Crippen LogP contribution in [0.25, 0.3) is 110 Å². The van der Waals surface area contributed by atoms with Gasteiger partial charge in [-0.2, -0.15) is 0 Å². The van der Waals surface area contributed by atoms with E-state index in [1.54, 1.807) is 0 Å². The molecular formula is C71H58. The van der Waals surface area contributed by atoms with Crippen molar-refractivity contribution in [3.05, 3.63) is 227 Å². The highest BCUT2D eigenvalue weighted by Crippen LogP contribution is 2.55. The highest BCUT2D eigenvalue weighted by atomic mass is 14.4. The molecule has 0 saturated carbocycles. The monoisotopic (exact) mass is 910 g/mol. The minimum absolute atomic E-state index is 0.0241. The quantitative estimate of drug-likeness (QED) is 0.154. The van der Waals surface area contributed by atoms with Crippen molar-refractivity contribution in [1.29, 1.82) is 0 Å². The molecule has 0 atom stereocenters. The van der Waals surface area contributed by atoms with Gasteiger partial charge in [0.1, 0.15) is 0 Å². The lowest BCUT2D eigenvalue weighted by molar-refractivity contribution is 0.591. The first-order valence-corrected chi connectivity index (χ1v) is 25.7. The molecule has 342 valence electrons. The van der Waals surface area contributed by atoms with Crippen molar-refractivity contribution < 1.29 is 0 Å². The molecule has 11 aromatic carbocycles. The third kappa shape index (κ3) is 5.98. The Morgan fingerprint density at radius 2 is 0.606 bits per heavy atom. The number of hydrogen-bond acceptors (Lipinski definition) is 0. The van der Waals surface area contributed by atoms with Crippen molar-refractivity contribution in [3.8, 4) is 77.9 Å². The van der Waals surface area contributed by atoms with Gasteiger partial charge >= 0.3 is 0 Å². The van der Waals surface area contributed by atoms with Gasteiger partial charge in [-0.3, -0.25) is 0 Å². The Morgan fingerprint density at radius 1 is 0.268 bits per heavy atom. The van der Waals surface area contributed by atoms with E-state index in [1.165, 1.54) is 149 Å². The molecule has 0 spiro atoms. The second-order valence-electron chi connectivity index (χ2n) is 23.7. The van der Waals surface area contributed by atoms with Gasteiger partial charge < -0.3 is 0 Å². The minimum atomic E-state index is -0.149. The van der Waals surface area contributed by atoms with Gasteiger partial charge in [0.05, 0.1) is 0 Å². The minimum Gasteiger partial charge on any atom is -0.0619 e. The summed E-state index contributed by atoms with van der Waals surface area (Å²) in [6.07, 6.45) is 0. The van der Waals surface area contributed by atoms with Crippen molar-refractivity contribution >= 4 is 32.3 Å². The predicted molar refractivity (Wildman–Crippen MR) is 303 cm³/mol. The second kappa shape index (κ2) is 14.3. The highest BCUT2D eigenvalue weighted by molar-refractivity contribution is 6.25. The first-order chi connectivity index (χ1) is 34.1. The fourth-order valence-electron chi connectivity index (χ4n) is 13.4. The molecule has 11 aromatic rings. The van der Waals surface area contributed by atoms with Crippen molar-refractivity contribution in [2.45, 2.75) is 84.0 Å². The maximum absolute atomic E-state index is 2.48. The zero-order valence-electron chi connectivity index (χ0n) is 42.4. The van der Waals surface area contributed by atoms with Crippen molar-refractivity contribution in [1.82, 2.24) is 0 Å². The Balaban J connectivity index is 0.750. The number of rotatable bonds is 4. The summed E-state index contributed by atoms with van der Waals surface area (Å²) >= 11 is 0. The van der Waals surface area contributed by atoms with Crippen LogP contribution in [0.2, 0.25) is 0 Å². The average molecular weight is 911 g/mol. The first-order valence-electron chi connectivity index (χ1n) is 25.7. The molecule has 71 heavy (non-hydrogen) atoms. The standard InChI is InChI=1S/C71H58/c1-68(2,3)51-34-49-19-18-43-20-27-52(59-33-26-50(35-51)66(49)67(43)59)42-16-14-41(15-17-42)44-21-28-55-56-30-24-47(39-63(56)70(6,7)62(55)36-44)48-25-32-58-57-31-23-46(38-64(57)71(8,9)65(58)40-48)45-22-29-54-53-12-10-11-13-60(53)69(4,5)61(54)37-45/h10-40H,1-9H3. The molecule has 0 N–H and O–H groups in total. The van der Waals surface area contributed by atoms with Crippen LogP contribution in [0.15, 0.2) is 188 Å². The van der Waals surface area contributed by atoms with E-state index in [0.29, 0.717) is 0 Å². The lowest BCUT2D eigenvalue weighted by Gasteiger charge is -2.24. The van der Waals surface area contributed by atoms with E-state index in [1.807, 2.05) is 0 Å². The third-order valence-corrected chi connectivity index (χ3v) is 17.6. The van der Waals surface area contributed by atoms with E-state index >= 15 is 0 Å². The van der Waals surface area contributed by atoms with Gasteiger partial charge in [-0.05, 0) is 185 Å². The van der Waals surface area contributed by atoms with Crippen LogP contribution in [-0.2, 0) is 21.7 Å². The average Bonchev–Trinajstić information content (AvgIpc) is 3.86. The smallest absolute Gasteiger partial charge is 0.0159 e. The van der Waals surface area contributed by atoms with Gasteiger partial charge in [0.2, 0.25) is 0 Å². The molecule has 0 bridgehead atoms. The normalized spacial score (nSPS) is 15.5. The molecule has 3 aliphatic rings. The summed E-state index contributed by atoms with van der Waals surface area (Å²) in [5.41, 5.74) is 27.9. The van der Waals surface area contributed by atoms with E-state index < -0.39 is 0 Å². The van der Waals surface area contributed by atoms with Gasteiger partial charge in [0.25, 0.3) is 0 Å². The van der Waals surface area contributed by atoms with Gasteiger partial charge in [0, 0.05) is 16.2 Å². The Labute approximate surface area is 419 Å². The lowest BCUT2D eigenvalue weighted by Crippen LogP contribution is -2.16. The third-order valence-electron chi connectivity index (χ3n) is 17.6. The van der Waals surface area contributed by atoms with Crippen LogP contribution >= 0.6 is 0 Å². The van der Waals surface area contributed by atoms with E-state index in [9.17, 15) is 0 Å². The molecular weight excluding hydrogens is 853 g/mol. The van der Waals surface area contributed by atoms with Crippen LogP contribution < -0.4 is 0 Å². The van der Waals surface area contributed by atoms with Crippen molar-refractivity contribution in [2.75, 3.05) is 0 Å². The zero-order chi connectivity index (χ0) is 48.5. The molecule has 0 unspecified atom stereocenters. The molecule has 0 aromatic heterocycles. The van der Waals surface area contributed by atoms with Crippen LogP contribution in [0.4, 0.5) is 0 Å². The number of hydrogen-bond donors (Lipinski definition) is 0. The Bertz CT molecular complexity index is 4070. The summed E-state index contributed by atoms with van der Waals surface area (Å²) in [7, 11) is 0. The van der Waals surface area contributed by atoms with Gasteiger partial charge in [0.15, 0.2) is 0 Å². The molecule has 0 aliphatic heterocycles. The summed E-state index contributed by atoms with van der Waals surface area (Å²) in [6, 6.07) is 72.8. The molecule has 0 heteroatoms. The lowest BCUT2D eigenvalue weighted by atomic mass is 9.79. The van der Waals surface area contributed by atoms with Crippen molar-refractivity contribution in [3.63, 3.8) is 0 Å². The summed E-state index contributed by atoms with van der Waals surface area (Å²) in [6.45, 7) is 21.3. The Kier molecular flexibility index (Phi) is 8.53. The van der Waals surface area contributed by atoms with Crippen LogP contribution in [0.5, 0.6) is 0 Å². The molecule has 0 radical (unpaired) electrons. The van der Waals surface area contributed by atoms with Gasteiger partial charge in [-0.25, -0.2) is 0 Å². The molecule has 3 aliphatic carbocycles. The Morgan fingerprint density at radius 3 is 1.07 bits per heavy atom. The Hall–Kier alpha value is -7.54. The first kappa shape index (κ1) is 42.3. The molecule has 0 amide bonds. The SMILES string of the molecule is CC(C)(C)c1cc2ccc3ccc(-c4ccc(-c5ccc6c(c5)C(C)(C)c5cc(-c7ccc8c(c7)C(C)(C)c7cc(-c9ccc%10c(c9)C(C)(C)c9ccccc9-%10)ccc7-8)ccc5-6)cc4)c4ccc(c1)c2c34. The van der Waals surface area contributed by atoms with E-state index in [-0.39, 0.29) is 21.7 Å². The predicted octanol–water partition coefficient (Wildman–Crippen LogP) is 19.5. The van der Waals surface area contributed by atoms with E-state index in [0.717, 1.165) is 0 Å². The summed E-state index contributed by atoms with van der Waals surface area (Å²) in [5, 5.41) is 8.01. The molecule has 14 rings (SSSR count). The van der Waals surface area contributed by atoms with Crippen LogP contribution in [0.1, 0.15) is 101 Å². The van der Waals surface area contributed by atoms with Gasteiger partial charge in [-0.1, -0.05) is 220 Å². The van der Waals surface area contributed by atoms with Crippen LogP contribution in [-0.4, -0.2) is 0 Å². The fraction of sp³-hybridized carbons (Fsp3) is 0.183. The van der Waals surface area contributed by atoms with E-state index in [4.69, 9.17) is 0 Å². The van der Waals surface area contributed by atoms with Crippen LogP contribution in [0, 0.1) is 0 Å². The topological polar surface area (TPSA) is 0 Å². The maximum Gasteiger partial charge on any atom is 0.0159 e. The van der Waals surface area contributed by atoms with Crippen LogP contribution in [0.3, 0.4) is 0 Å².